The third-order valence-electron chi connectivity index (χ3n) is 3.94. The molecule has 0 spiro atoms. The van der Waals surface area contributed by atoms with E-state index in [4.69, 9.17) is 9.15 Å². The van der Waals surface area contributed by atoms with Crippen molar-refractivity contribution in [3.8, 4) is 17.2 Å². The van der Waals surface area contributed by atoms with E-state index in [2.05, 4.69) is 15.5 Å². The van der Waals surface area contributed by atoms with Crippen molar-refractivity contribution in [1.29, 1.82) is 0 Å². The number of carbonyl (C=O) groups excluding carboxylic acids is 1. The lowest BCUT2D eigenvalue weighted by atomic mass is 10.0. The van der Waals surface area contributed by atoms with E-state index in [0.717, 1.165) is 28.0 Å². The number of benzene rings is 2. The molecule has 0 atom stereocenters. The topological polar surface area (TPSA) is 77.3 Å². The van der Waals surface area contributed by atoms with Crippen LogP contribution < -0.4 is 10.1 Å². The summed E-state index contributed by atoms with van der Waals surface area (Å²) in [6, 6.07) is 13.5. The number of amides is 1. The van der Waals surface area contributed by atoms with E-state index in [1.165, 1.54) is 0 Å². The van der Waals surface area contributed by atoms with E-state index in [-0.39, 0.29) is 18.3 Å². The molecule has 3 aromatic rings. The first-order valence-electron chi connectivity index (χ1n) is 8.48. The first-order chi connectivity index (χ1) is 12.5. The van der Waals surface area contributed by atoms with Crippen molar-refractivity contribution in [3.05, 3.63) is 59.2 Å². The molecule has 0 radical (unpaired) electrons. The van der Waals surface area contributed by atoms with Gasteiger partial charge < -0.3 is 9.15 Å². The smallest absolute Gasteiger partial charge is 0.322 e. The maximum absolute atomic E-state index is 12.3. The molecule has 6 heteroatoms. The quantitative estimate of drug-likeness (QED) is 0.728. The van der Waals surface area contributed by atoms with Gasteiger partial charge in [-0.15, -0.1) is 5.10 Å². The predicted molar refractivity (Wildman–Crippen MR) is 99.2 cm³/mol. The second kappa shape index (κ2) is 7.82. The summed E-state index contributed by atoms with van der Waals surface area (Å²) in [6.07, 6.45) is 0.258. The molecule has 0 aliphatic heterocycles. The number of ether oxygens (including phenoxy) is 1. The van der Waals surface area contributed by atoms with Gasteiger partial charge in [-0.1, -0.05) is 28.9 Å². The average molecular weight is 351 g/mol. The fourth-order valence-electron chi connectivity index (χ4n) is 2.58. The monoisotopic (exact) mass is 351 g/mol. The zero-order valence-corrected chi connectivity index (χ0v) is 15.1. The number of carbonyl (C=O) groups is 1. The zero-order chi connectivity index (χ0) is 18.5. The Bertz CT molecular complexity index is 901. The van der Waals surface area contributed by atoms with Gasteiger partial charge in [0.15, 0.2) is 0 Å². The third kappa shape index (κ3) is 4.27. The molecule has 0 aliphatic rings. The molecule has 0 bridgehead atoms. The van der Waals surface area contributed by atoms with E-state index < -0.39 is 0 Å². The van der Waals surface area contributed by atoms with Crippen LogP contribution in [0.4, 0.5) is 6.01 Å². The Labute approximate surface area is 152 Å². The lowest BCUT2D eigenvalue weighted by Gasteiger charge is -2.06. The van der Waals surface area contributed by atoms with Crippen LogP contribution in [-0.2, 0) is 11.2 Å². The third-order valence-corrected chi connectivity index (χ3v) is 3.94. The fraction of sp³-hybridized carbons (Fsp3) is 0.250. The maximum Gasteiger partial charge on any atom is 0.322 e. The van der Waals surface area contributed by atoms with E-state index in [0.29, 0.717) is 12.5 Å². The number of aromatic nitrogens is 2. The van der Waals surface area contributed by atoms with Gasteiger partial charge in [-0.3, -0.25) is 10.1 Å². The average Bonchev–Trinajstić information content (AvgIpc) is 3.07. The number of aryl methyl sites for hydroxylation is 2. The van der Waals surface area contributed by atoms with E-state index in [1.54, 1.807) is 0 Å². The molecule has 0 aliphatic carbocycles. The lowest BCUT2D eigenvalue weighted by molar-refractivity contribution is -0.115. The van der Waals surface area contributed by atoms with Crippen LogP contribution in [0, 0.1) is 13.8 Å². The predicted octanol–water partition coefficient (Wildman–Crippen LogP) is 3.93. The van der Waals surface area contributed by atoms with E-state index in [9.17, 15) is 4.79 Å². The molecule has 26 heavy (non-hydrogen) atoms. The van der Waals surface area contributed by atoms with Crippen molar-refractivity contribution in [1.82, 2.24) is 10.2 Å². The van der Waals surface area contributed by atoms with Gasteiger partial charge in [0.2, 0.25) is 11.8 Å². The van der Waals surface area contributed by atoms with Gasteiger partial charge in [0, 0.05) is 5.56 Å². The summed E-state index contributed by atoms with van der Waals surface area (Å²) in [7, 11) is 0. The summed E-state index contributed by atoms with van der Waals surface area (Å²) in [4.78, 5) is 12.3. The Morgan fingerprint density at radius 3 is 2.62 bits per heavy atom. The van der Waals surface area contributed by atoms with Crippen molar-refractivity contribution in [2.75, 3.05) is 11.9 Å². The molecule has 134 valence electrons. The number of hydrogen-bond acceptors (Lipinski definition) is 5. The molecule has 1 N–H and O–H groups in total. The number of anilines is 1. The second-order valence-corrected chi connectivity index (χ2v) is 6.02. The summed E-state index contributed by atoms with van der Waals surface area (Å²) in [5.74, 6) is 0.925. The van der Waals surface area contributed by atoms with Crippen molar-refractivity contribution in [2.45, 2.75) is 27.2 Å². The van der Waals surface area contributed by atoms with Gasteiger partial charge in [0.1, 0.15) is 5.75 Å². The summed E-state index contributed by atoms with van der Waals surface area (Å²) in [6.45, 7) is 6.52. The van der Waals surface area contributed by atoms with Crippen LogP contribution in [-0.4, -0.2) is 22.7 Å². The van der Waals surface area contributed by atoms with Crippen molar-refractivity contribution >= 4 is 11.9 Å². The minimum Gasteiger partial charge on any atom is -0.494 e. The van der Waals surface area contributed by atoms with Crippen LogP contribution in [0.2, 0.25) is 0 Å². The first kappa shape index (κ1) is 17.7. The van der Waals surface area contributed by atoms with Crippen LogP contribution in [0.3, 0.4) is 0 Å². The number of hydrogen-bond donors (Lipinski definition) is 1. The SMILES string of the molecule is CCOc1ccc(-c2nnc(NC(=O)Cc3cc(C)ccc3C)o2)cc1. The summed E-state index contributed by atoms with van der Waals surface area (Å²) < 4.78 is 10.9. The molecular weight excluding hydrogens is 330 g/mol. The van der Waals surface area contributed by atoms with Crippen LogP contribution in [0.1, 0.15) is 23.6 Å². The zero-order valence-electron chi connectivity index (χ0n) is 15.1. The van der Waals surface area contributed by atoms with Gasteiger partial charge in [-0.25, -0.2) is 0 Å². The molecule has 6 nitrogen and oxygen atoms in total. The molecule has 0 saturated carbocycles. The Hall–Kier alpha value is -3.15. The molecule has 1 aromatic heterocycles. The molecule has 1 heterocycles. The Morgan fingerprint density at radius 2 is 1.88 bits per heavy atom. The maximum atomic E-state index is 12.3. The Kier molecular flexibility index (Phi) is 5.31. The minimum absolute atomic E-state index is 0.0872. The van der Waals surface area contributed by atoms with Gasteiger partial charge in [-0.05, 0) is 56.2 Å². The first-order valence-corrected chi connectivity index (χ1v) is 8.48. The van der Waals surface area contributed by atoms with Gasteiger partial charge >= 0.3 is 6.01 Å². The largest absolute Gasteiger partial charge is 0.494 e. The summed E-state index contributed by atoms with van der Waals surface area (Å²) in [5, 5.41) is 10.5. The molecule has 3 rings (SSSR count). The number of rotatable bonds is 6. The number of nitrogens with zero attached hydrogens (tertiary/aromatic N) is 2. The van der Waals surface area contributed by atoms with Crippen LogP contribution in [0.5, 0.6) is 5.75 Å². The highest BCUT2D eigenvalue weighted by atomic mass is 16.5. The van der Waals surface area contributed by atoms with Gasteiger partial charge in [0.25, 0.3) is 0 Å². The normalized spacial score (nSPS) is 10.6. The standard InChI is InChI=1S/C20H21N3O3/c1-4-25-17-9-7-15(8-10-17)19-22-23-20(26-19)21-18(24)12-16-11-13(2)5-6-14(16)3/h5-11H,4,12H2,1-3H3,(H,21,23,24). The Balaban J connectivity index is 1.66. The molecule has 1 amide bonds. The van der Waals surface area contributed by atoms with Crippen molar-refractivity contribution in [3.63, 3.8) is 0 Å². The highest BCUT2D eigenvalue weighted by molar-refractivity contribution is 5.90. The van der Waals surface area contributed by atoms with Crippen LogP contribution in [0.25, 0.3) is 11.5 Å². The van der Waals surface area contributed by atoms with Crippen LogP contribution in [0.15, 0.2) is 46.9 Å². The fourth-order valence-corrected chi connectivity index (χ4v) is 2.58. The Morgan fingerprint density at radius 1 is 1.12 bits per heavy atom. The lowest BCUT2D eigenvalue weighted by Crippen LogP contribution is -2.15. The van der Waals surface area contributed by atoms with Gasteiger partial charge in [-0.2, -0.15) is 0 Å². The van der Waals surface area contributed by atoms with Crippen LogP contribution >= 0.6 is 0 Å². The van der Waals surface area contributed by atoms with Crippen molar-refractivity contribution in [2.24, 2.45) is 0 Å². The minimum atomic E-state index is -0.194. The summed E-state index contributed by atoms with van der Waals surface area (Å²) in [5.41, 5.74) is 3.94. The summed E-state index contributed by atoms with van der Waals surface area (Å²) >= 11 is 0. The van der Waals surface area contributed by atoms with E-state index >= 15 is 0 Å². The van der Waals surface area contributed by atoms with Gasteiger partial charge in [0.05, 0.1) is 13.0 Å². The molecule has 0 saturated heterocycles. The molecule has 0 fully saturated rings. The highest BCUT2D eigenvalue weighted by Gasteiger charge is 2.13. The molecule has 2 aromatic carbocycles. The number of nitrogens with one attached hydrogen (secondary N) is 1. The van der Waals surface area contributed by atoms with Crippen molar-refractivity contribution < 1.29 is 13.9 Å². The molecule has 0 unspecified atom stereocenters. The molecular formula is C20H21N3O3. The second-order valence-electron chi connectivity index (χ2n) is 6.02. The van der Waals surface area contributed by atoms with E-state index in [1.807, 2.05) is 63.2 Å². The highest BCUT2D eigenvalue weighted by Crippen LogP contribution is 2.23.